The molecule has 1 saturated carbocycles. The zero-order chi connectivity index (χ0) is 21.2. The third-order valence-electron chi connectivity index (χ3n) is 6.18. The van der Waals surface area contributed by atoms with Crippen molar-refractivity contribution in [2.75, 3.05) is 0 Å². The highest BCUT2D eigenvalue weighted by atomic mass is 16.5. The third kappa shape index (κ3) is 4.32. The first-order valence-electron chi connectivity index (χ1n) is 11.0. The van der Waals surface area contributed by atoms with Crippen LogP contribution in [0.2, 0.25) is 0 Å². The summed E-state index contributed by atoms with van der Waals surface area (Å²) in [5.41, 5.74) is 5.32. The minimum atomic E-state index is -0.159. The summed E-state index contributed by atoms with van der Waals surface area (Å²) in [6, 6.07) is 20.7. The lowest BCUT2D eigenvalue weighted by molar-refractivity contribution is 0.122. The van der Waals surface area contributed by atoms with E-state index in [4.69, 9.17) is 9.72 Å². The molecule has 5 nitrogen and oxygen atoms in total. The van der Waals surface area contributed by atoms with E-state index in [2.05, 4.69) is 53.8 Å². The Morgan fingerprint density at radius 3 is 2.55 bits per heavy atom. The number of hydrogen-bond acceptors (Lipinski definition) is 4. The monoisotopic (exact) mass is 413 g/mol. The molecule has 0 amide bonds. The molecule has 2 aromatic carbocycles. The predicted octanol–water partition coefficient (Wildman–Crippen LogP) is 5.23. The molecule has 2 aromatic heterocycles. The van der Waals surface area contributed by atoms with Gasteiger partial charge < -0.3 is 9.84 Å². The Hall–Kier alpha value is -3.18. The molecule has 1 fully saturated rings. The van der Waals surface area contributed by atoms with E-state index in [-0.39, 0.29) is 6.10 Å². The van der Waals surface area contributed by atoms with Crippen molar-refractivity contribution in [3.8, 4) is 17.1 Å². The van der Waals surface area contributed by atoms with Crippen molar-refractivity contribution in [1.82, 2.24) is 14.8 Å². The van der Waals surface area contributed by atoms with Gasteiger partial charge in [-0.05, 0) is 49.3 Å². The molecule has 5 heteroatoms. The Balaban J connectivity index is 1.28. The van der Waals surface area contributed by atoms with Crippen LogP contribution in [-0.4, -0.2) is 26.0 Å². The highest BCUT2D eigenvalue weighted by Gasteiger charge is 2.25. The lowest BCUT2D eigenvalue weighted by Crippen LogP contribution is -2.17. The van der Waals surface area contributed by atoms with Crippen LogP contribution in [-0.2, 0) is 13.7 Å². The van der Waals surface area contributed by atoms with Gasteiger partial charge >= 0.3 is 0 Å². The summed E-state index contributed by atoms with van der Waals surface area (Å²) in [5.74, 6) is 1.12. The molecule has 4 aromatic rings. The van der Waals surface area contributed by atoms with Gasteiger partial charge in [0.05, 0.1) is 17.3 Å². The van der Waals surface area contributed by atoms with Crippen LogP contribution in [0.4, 0.5) is 0 Å². The van der Waals surface area contributed by atoms with Crippen molar-refractivity contribution in [2.45, 2.75) is 44.3 Å². The molecular formula is C26H27N3O2. The van der Waals surface area contributed by atoms with Crippen molar-refractivity contribution >= 4 is 10.9 Å². The topological polar surface area (TPSA) is 60.2 Å². The first kappa shape index (κ1) is 19.8. The third-order valence-corrected chi connectivity index (χ3v) is 6.18. The number of para-hydroxylation sites is 1. The first-order chi connectivity index (χ1) is 15.2. The molecule has 0 bridgehead atoms. The van der Waals surface area contributed by atoms with Crippen molar-refractivity contribution in [3.05, 3.63) is 78.0 Å². The van der Waals surface area contributed by atoms with E-state index in [9.17, 15) is 5.11 Å². The molecule has 0 spiro atoms. The van der Waals surface area contributed by atoms with Gasteiger partial charge in [0.2, 0.25) is 5.88 Å². The number of aromatic nitrogens is 3. The van der Waals surface area contributed by atoms with E-state index in [1.165, 1.54) is 0 Å². The molecule has 1 N–H and O–H groups in total. The Kier molecular flexibility index (Phi) is 5.43. The van der Waals surface area contributed by atoms with Crippen molar-refractivity contribution in [3.63, 3.8) is 0 Å². The number of benzene rings is 2. The zero-order valence-corrected chi connectivity index (χ0v) is 17.7. The highest BCUT2D eigenvalue weighted by Crippen LogP contribution is 2.37. The molecule has 31 heavy (non-hydrogen) atoms. The second kappa shape index (κ2) is 8.52. The summed E-state index contributed by atoms with van der Waals surface area (Å²) in [6.45, 7) is 0.477. The summed E-state index contributed by atoms with van der Waals surface area (Å²) in [6.07, 6.45) is 5.57. The van der Waals surface area contributed by atoms with Crippen LogP contribution in [0.15, 0.2) is 66.9 Å². The maximum Gasteiger partial charge on any atom is 0.236 e. The van der Waals surface area contributed by atoms with Gasteiger partial charge in [0.25, 0.3) is 0 Å². The molecule has 5 rings (SSSR count). The standard InChI is InChI=1S/C26H27N3O2/c1-29-16-23(19-10-13-22(30)14-11-19)26(28-29)31-17-18-6-8-21(9-7-18)25-15-12-20-4-2-3-5-24(20)27-25/h2-9,12,15-16,19,22,30H,10-11,13-14,17H2,1H3. The average Bonchev–Trinajstić information content (AvgIpc) is 3.18. The maximum atomic E-state index is 9.80. The Morgan fingerprint density at radius 2 is 1.74 bits per heavy atom. The smallest absolute Gasteiger partial charge is 0.236 e. The average molecular weight is 414 g/mol. The molecule has 1 aliphatic carbocycles. The van der Waals surface area contributed by atoms with E-state index >= 15 is 0 Å². The minimum absolute atomic E-state index is 0.159. The number of aliphatic hydroxyl groups is 1. The van der Waals surface area contributed by atoms with Gasteiger partial charge in [-0.25, -0.2) is 4.98 Å². The van der Waals surface area contributed by atoms with Gasteiger partial charge in [-0.1, -0.05) is 48.5 Å². The van der Waals surface area contributed by atoms with Crippen LogP contribution < -0.4 is 4.74 Å². The summed E-state index contributed by atoms with van der Waals surface area (Å²) < 4.78 is 7.94. The molecule has 158 valence electrons. The van der Waals surface area contributed by atoms with Crippen LogP contribution in [0.3, 0.4) is 0 Å². The SMILES string of the molecule is Cn1cc(C2CCC(O)CC2)c(OCc2ccc(-c3ccc4ccccc4n3)cc2)n1. The molecule has 0 atom stereocenters. The first-order valence-corrected chi connectivity index (χ1v) is 11.0. The molecule has 0 radical (unpaired) electrons. The second-order valence-corrected chi connectivity index (χ2v) is 8.44. The van der Waals surface area contributed by atoms with Crippen molar-refractivity contribution in [2.24, 2.45) is 7.05 Å². The Morgan fingerprint density at radius 1 is 0.968 bits per heavy atom. The molecule has 0 aliphatic heterocycles. The van der Waals surface area contributed by atoms with E-state index < -0.39 is 0 Å². The second-order valence-electron chi connectivity index (χ2n) is 8.44. The number of fused-ring (bicyclic) bond motifs is 1. The van der Waals surface area contributed by atoms with Gasteiger partial charge in [0.15, 0.2) is 0 Å². The maximum absolute atomic E-state index is 9.80. The Bertz CT molecular complexity index is 1170. The van der Waals surface area contributed by atoms with E-state index in [0.717, 1.165) is 59.0 Å². The lowest BCUT2D eigenvalue weighted by Gasteiger charge is -2.25. The van der Waals surface area contributed by atoms with Crippen LogP contribution in [0.1, 0.15) is 42.7 Å². The highest BCUT2D eigenvalue weighted by molar-refractivity contribution is 5.81. The number of nitrogens with zero attached hydrogens (tertiary/aromatic N) is 3. The van der Waals surface area contributed by atoms with Crippen LogP contribution in [0.25, 0.3) is 22.2 Å². The zero-order valence-electron chi connectivity index (χ0n) is 17.7. The fourth-order valence-corrected chi connectivity index (χ4v) is 4.42. The fraction of sp³-hybridized carbons (Fsp3) is 0.308. The minimum Gasteiger partial charge on any atom is -0.472 e. The summed E-state index contributed by atoms with van der Waals surface area (Å²) in [7, 11) is 1.93. The quantitative estimate of drug-likeness (QED) is 0.486. The predicted molar refractivity (Wildman–Crippen MR) is 122 cm³/mol. The van der Waals surface area contributed by atoms with Gasteiger partial charge in [-0.15, -0.1) is 5.10 Å². The molecule has 0 unspecified atom stereocenters. The molecule has 2 heterocycles. The summed E-state index contributed by atoms with van der Waals surface area (Å²) in [5, 5.41) is 15.5. The number of pyridine rings is 1. The van der Waals surface area contributed by atoms with E-state index in [1.807, 2.05) is 29.9 Å². The number of ether oxygens (including phenoxy) is 1. The van der Waals surface area contributed by atoms with E-state index in [1.54, 1.807) is 0 Å². The van der Waals surface area contributed by atoms with Crippen LogP contribution >= 0.6 is 0 Å². The van der Waals surface area contributed by atoms with Gasteiger partial charge in [0, 0.05) is 29.8 Å². The lowest BCUT2D eigenvalue weighted by atomic mass is 9.84. The van der Waals surface area contributed by atoms with Crippen molar-refractivity contribution in [1.29, 1.82) is 0 Å². The number of aliphatic hydroxyl groups excluding tert-OH is 1. The van der Waals surface area contributed by atoms with E-state index in [0.29, 0.717) is 18.4 Å². The normalized spacial score (nSPS) is 18.9. The van der Waals surface area contributed by atoms with Crippen LogP contribution in [0, 0.1) is 0 Å². The summed E-state index contributed by atoms with van der Waals surface area (Å²) in [4.78, 5) is 4.78. The molecule has 0 saturated heterocycles. The van der Waals surface area contributed by atoms with Gasteiger partial charge in [0.1, 0.15) is 6.61 Å². The number of rotatable bonds is 5. The largest absolute Gasteiger partial charge is 0.472 e. The van der Waals surface area contributed by atoms with Gasteiger partial charge in [-0.2, -0.15) is 0 Å². The number of aryl methyl sites for hydroxylation is 1. The summed E-state index contributed by atoms with van der Waals surface area (Å²) >= 11 is 0. The molecular weight excluding hydrogens is 386 g/mol. The van der Waals surface area contributed by atoms with Gasteiger partial charge in [-0.3, -0.25) is 4.68 Å². The van der Waals surface area contributed by atoms with Crippen molar-refractivity contribution < 1.29 is 9.84 Å². The fourth-order valence-electron chi connectivity index (χ4n) is 4.42. The number of hydrogen-bond donors (Lipinski definition) is 1. The van der Waals surface area contributed by atoms with Crippen LogP contribution in [0.5, 0.6) is 5.88 Å². The Labute approximate surface area is 182 Å². The molecule has 1 aliphatic rings.